The summed E-state index contributed by atoms with van der Waals surface area (Å²) in [6.07, 6.45) is 2.55. The zero-order chi connectivity index (χ0) is 17.1. The summed E-state index contributed by atoms with van der Waals surface area (Å²) in [5, 5.41) is 15.0. The molecule has 1 aromatic heterocycles. The van der Waals surface area contributed by atoms with Crippen LogP contribution < -0.4 is 10.2 Å². The van der Waals surface area contributed by atoms with Gasteiger partial charge in [0.1, 0.15) is 12.9 Å². The number of nitrogens with zero attached hydrogens (tertiary/aromatic N) is 4. The van der Waals surface area contributed by atoms with Crippen LogP contribution >= 0.6 is 0 Å². The zero-order valence-corrected chi connectivity index (χ0v) is 12.7. The van der Waals surface area contributed by atoms with Crippen LogP contribution in [-0.4, -0.2) is 44.2 Å². The molecule has 2 amide bonds. The first-order valence-corrected chi connectivity index (χ1v) is 7.36. The molecule has 24 heavy (non-hydrogen) atoms. The van der Waals surface area contributed by atoms with E-state index in [1.165, 1.54) is 6.33 Å². The van der Waals surface area contributed by atoms with Gasteiger partial charge in [-0.1, -0.05) is 6.07 Å². The highest BCUT2D eigenvalue weighted by molar-refractivity contribution is 6.04. The molecule has 0 saturated carbocycles. The number of nitrogens with one attached hydrogen (secondary N) is 1. The molecule has 2 aromatic rings. The monoisotopic (exact) mass is 329 g/mol. The standard InChI is InChI=1S/C15H15N5O4/c21-12-5-2-6-20(12)11-4-1-3-10(7-11)14(24)17-15-16-9-19(18-15)8-13(22)23/h1,3-4,7,9H,2,5-6,8H2,(H,22,23)(H,17,18,24). The maximum absolute atomic E-state index is 12.3. The van der Waals surface area contributed by atoms with E-state index < -0.39 is 11.9 Å². The van der Waals surface area contributed by atoms with Gasteiger partial charge >= 0.3 is 5.97 Å². The number of benzene rings is 1. The molecule has 0 spiro atoms. The molecule has 1 aromatic carbocycles. The van der Waals surface area contributed by atoms with Crippen LogP contribution in [0.2, 0.25) is 0 Å². The van der Waals surface area contributed by atoms with Gasteiger partial charge in [-0.25, -0.2) is 9.67 Å². The third kappa shape index (κ3) is 3.40. The Labute approximate surface area is 136 Å². The van der Waals surface area contributed by atoms with E-state index in [4.69, 9.17) is 5.11 Å². The first-order valence-electron chi connectivity index (χ1n) is 7.36. The molecule has 0 aliphatic carbocycles. The van der Waals surface area contributed by atoms with Gasteiger partial charge in [0.25, 0.3) is 5.91 Å². The van der Waals surface area contributed by atoms with Gasteiger partial charge in [-0.15, -0.1) is 5.10 Å². The summed E-state index contributed by atoms with van der Waals surface area (Å²) < 4.78 is 1.11. The molecule has 2 N–H and O–H groups in total. The molecule has 0 radical (unpaired) electrons. The summed E-state index contributed by atoms with van der Waals surface area (Å²) in [6.45, 7) is 0.306. The molecule has 9 nitrogen and oxygen atoms in total. The Hall–Kier alpha value is -3.23. The van der Waals surface area contributed by atoms with E-state index in [-0.39, 0.29) is 18.4 Å². The topological polar surface area (TPSA) is 117 Å². The molecule has 124 valence electrons. The number of carboxylic acid groups (broad SMARTS) is 1. The number of aromatic nitrogens is 3. The van der Waals surface area contributed by atoms with Crippen LogP contribution in [0.15, 0.2) is 30.6 Å². The van der Waals surface area contributed by atoms with Crippen LogP contribution in [-0.2, 0) is 16.1 Å². The van der Waals surface area contributed by atoms with Crippen LogP contribution in [0.4, 0.5) is 11.6 Å². The zero-order valence-electron chi connectivity index (χ0n) is 12.7. The summed E-state index contributed by atoms with van der Waals surface area (Å²) in [5.74, 6) is -1.43. The number of aliphatic carboxylic acids is 1. The number of carboxylic acids is 1. The lowest BCUT2D eigenvalue weighted by Crippen LogP contribution is -2.24. The average molecular weight is 329 g/mol. The molecule has 0 bridgehead atoms. The smallest absolute Gasteiger partial charge is 0.325 e. The van der Waals surface area contributed by atoms with Crippen molar-refractivity contribution in [2.45, 2.75) is 19.4 Å². The molecule has 9 heteroatoms. The van der Waals surface area contributed by atoms with Crippen molar-refractivity contribution in [1.82, 2.24) is 14.8 Å². The quantitative estimate of drug-likeness (QED) is 0.835. The Morgan fingerprint density at radius 2 is 2.17 bits per heavy atom. The van der Waals surface area contributed by atoms with E-state index in [1.54, 1.807) is 29.2 Å². The Morgan fingerprint density at radius 1 is 1.33 bits per heavy atom. The Balaban J connectivity index is 1.72. The van der Waals surface area contributed by atoms with Crippen molar-refractivity contribution in [2.24, 2.45) is 0 Å². The molecule has 1 aliphatic rings. The van der Waals surface area contributed by atoms with E-state index >= 15 is 0 Å². The molecule has 1 aliphatic heterocycles. The third-order valence-corrected chi connectivity index (χ3v) is 3.55. The second-order valence-electron chi connectivity index (χ2n) is 5.31. The fraction of sp³-hybridized carbons (Fsp3) is 0.267. The van der Waals surface area contributed by atoms with Crippen LogP contribution in [0.5, 0.6) is 0 Å². The lowest BCUT2D eigenvalue weighted by atomic mass is 10.2. The van der Waals surface area contributed by atoms with Gasteiger partial charge in [-0.05, 0) is 24.6 Å². The average Bonchev–Trinajstić information content (AvgIpc) is 3.16. The van der Waals surface area contributed by atoms with E-state index in [1.807, 2.05) is 0 Å². The summed E-state index contributed by atoms with van der Waals surface area (Å²) in [7, 11) is 0. The number of amides is 2. The minimum atomic E-state index is -1.05. The predicted octanol–water partition coefficient (Wildman–Crippen LogP) is 0.742. The number of hydrogen-bond donors (Lipinski definition) is 2. The van der Waals surface area contributed by atoms with Crippen LogP contribution in [0.3, 0.4) is 0 Å². The lowest BCUT2D eigenvalue weighted by molar-refractivity contribution is -0.137. The highest BCUT2D eigenvalue weighted by atomic mass is 16.4. The van der Waals surface area contributed by atoms with Crippen molar-refractivity contribution < 1.29 is 19.5 Å². The van der Waals surface area contributed by atoms with Gasteiger partial charge in [-0.2, -0.15) is 0 Å². The fourth-order valence-corrected chi connectivity index (χ4v) is 2.48. The fourth-order valence-electron chi connectivity index (χ4n) is 2.48. The van der Waals surface area contributed by atoms with Gasteiger partial charge in [0.05, 0.1) is 0 Å². The van der Waals surface area contributed by atoms with Gasteiger partial charge in [-0.3, -0.25) is 19.7 Å². The molecule has 1 fully saturated rings. The molecular formula is C15H15N5O4. The highest BCUT2D eigenvalue weighted by Gasteiger charge is 2.22. The van der Waals surface area contributed by atoms with Gasteiger partial charge in [0, 0.05) is 24.2 Å². The minimum absolute atomic E-state index is 0.0175. The van der Waals surface area contributed by atoms with Crippen molar-refractivity contribution in [3.8, 4) is 0 Å². The van der Waals surface area contributed by atoms with Crippen LogP contribution in [0, 0.1) is 0 Å². The molecule has 0 atom stereocenters. The van der Waals surface area contributed by atoms with Crippen molar-refractivity contribution in [3.63, 3.8) is 0 Å². The Morgan fingerprint density at radius 3 is 2.88 bits per heavy atom. The number of hydrogen-bond acceptors (Lipinski definition) is 5. The second-order valence-corrected chi connectivity index (χ2v) is 5.31. The largest absolute Gasteiger partial charge is 0.480 e. The normalized spacial score (nSPS) is 14.0. The first-order chi connectivity index (χ1) is 11.5. The second kappa shape index (κ2) is 6.49. The van der Waals surface area contributed by atoms with Gasteiger partial charge < -0.3 is 10.0 Å². The number of anilines is 2. The lowest BCUT2D eigenvalue weighted by Gasteiger charge is -2.16. The van der Waals surface area contributed by atoms with E-state index in [0.717, 1.165) is 11.1 Å². The highest BCUT2D eigenvalue weighted by Crippen LogP contribution is 2.22. The Kier molecular flexibility index (Phi) is 4.23. The summed E-state index contributed by atoms with van der Waals surface area (Å²) in [4.78, 5) is 40.2. The minimum Gasteiger partial charge on any atom is -0.480 e. The van der Waals surface area contributed by atoms with Gasteiger partial charge in [0.15, 0.2) is 0 Å². The van der Waals surface area contributed by atoms with E-state index in [9.17, 15) is 14.4 Å². The number of carbonyl (C=O) groups excluding carboxylic acids is 2. The van der Waals surface area contributed by atoms with E-state index in [2.05, 4.69) is 15.4 Å². The van der Waals surface area contributed by atoms with Crippen molar-refractivity contribution >= 4 is 29.4 Å². The van der Waals surface area contributed by atoms with Crippen molar-refractivity contribution in [1.29, 1.82) is 0 Å². The third-order valence-electron chi connectivity index (χ3n) is 3.55. The van der Waals surface area contributed by atoms with Crippen molar-refractivity contribution in [3.05, 3.63) is 36.2 Å². The maximum atomic E-state index is 12.3. The predicted molar refractivity (Wildman–Crippen MR) is 83.6 cm³/mol. The summed E-state index contributed by atoms with van der Waals surface area (Å²) >= 11 is 0. The summed E-state index contributed by atoms with van der Waals surface area (Å²) in [5.41, 5.74) is 1.04. The SMILES string of the molecule is O=C(O)Cn1cnc(NC(=O)c2cccc(N3CCCC3=O)c2)n1. The van der Waals surface area contributed by atoms with Gasteiger partial charge in [0.2, 0.25) is 11.9 Å². The summed E-state index contributed by atoms with van der Waals surface area (Å²) in [6, 6.07) is 6.73. The molecule has 3 rings (SSSR count). The molecule has 0 unspecified atom stereocenters. The Bertz CT molecular complexity index is 801. The number of rotatable bonds is 5. The van der Waals surface area contributed by atoms with Crippen LogP contribution in [0.25, 0.3) is 0 Å². The molecule has 1 saturated heterocycles. The maximum Gasteiger partial charge on any atom is 0.325 e. The molecular weight excluding hydrogens is 314 g/mol. The first kappa shape index (κ1) is 15.7. The number of carbonyl (C=O) groups is 3. The van der Waals surface area contributed by atoms with Crippen LogP contribution in [0.1, 0.15) is 23.2 Å². The molecule has 2 heterocycles. The van der Waals surface area contributed by atoms with Crippen molar-refractivity contribution in [2.75, 3.05) is 16.8 Å². The van der Waals surface area contributed by atoms with E-state index in [0.29, 0.717) is 24.2 Å².